The number of rotatable bonds is 3. The van der Waals surface area contributed by atoms with Crippen molar-refractivity contribution in [1.29, 1.82) is 0 Å². The summed E-state index contributed by atoms with van der Waals surface area (Å²) >= 11 is 0. The zero-order valence-electron chi connectivity index (χ0n) is 11.3. The minimum atomic E-state index is 0.132. The SMILES string of the molecule is Cc1ccccc1NC(=O)C[NH+]1CCCC[C@H]1C. The van der Waals surface area contributed by atoms with Gasteiger partial charge >= 0.3 is 0 Å². The third-order valence-corrected chi connectivity index (χ3v) is 3.89. The summed E-state index contributed by atoms with van der Waals surface area (Å²) in [6, 6.07) is 8.54. The van der Waals surface area contributed by atoms with E-state index in [9.17, 15) is 4.79 Å². The van der Waals surface area contributed by atoms with Crippen molar-refractivity contribution in [3.8, 4) is 0 Å². The van der Waals surface area contributed by atoms with Crippen molar-refractivity contribution >= 4 is 11.6 Å². The molecule has 2 N–H and O–H groups in total. The van der Waals surface area contributed by atoms with Crippen molar-refractivity contribution in [3.63, 3.8) is 0 Å². The van der Waals surface area contributed by atoms with Crippen LogP contribution in [0.15, 0.2) is 24.3 Å². The van der Waals surface area contributed by atoms with E-state index in [0.29, 0.717) is 12.6 Å². The van der Waals surface area contributed by atoms with Crippen LogP contribution < -0.4 is 10.2 Å². The van der Waals surface area contributed by atoms with Gasteiger partial charge in [0.1, 0.15) is 0 Å². The molecule has 3 nitrogen and oxygen atoms in total. The Balaban J connectivity index is 1.90. The number of amides is 1. The molecule has 2 rings (SSSR count). The Morgan fingerprint density at radius 1 is 1.39 bits per heavy atom. The molecule has 3 heteroatoms. The normalized spacial score (nSPS) is 23.7. The monoisotopic (exact) mass is 247 g/mol. The van der Waals surface area contributed by atoms with Crippen molar-refractivity contribution in [2.45, 2.75) is 39.2 Å². The second-order valence-corrected chi connectivity index (χ2v) is 5.34. The van der Waals surface area contributed by atoms with Crippen LogP contribution in [0.25, 0.3) is 0 Å². The van der Waals surface area contributed by atoms with E-state index in [-0.39, 0.29) is 5.91 Å². The third kappa shape index (κ3) is 3.33. The standard InChI is InChI=1S/C15H22N2O/c1-12-7-3-4-9-14(12)16-15(18)11-17-10-6-5-8-13(17)2/h3-4,7,9,13H,5-6,8,10-11H2,1-2H3,(H,16,18)/p+1/t13-/m1/s1. The van der Waals surface area contributed by atoms with Gasteiger partial charge in [-0.3, -0.25) is 4.79 Å². The van der Waals surface area contributed by atoms with Gasteiger partial charge in [0, 0.05) is 5.69 Å². The van der Waals surface area contributed by atoms with Crippen LogP contribution in [0.3, 0.4) is 0 Å². The summed E-state index contributed by atoms with van der Waals surface area (Å²) in [6.07, 6.45) is 3.80. The quantitative estimate of drug-likeness (QED) is 0.831. The van der Waals surface area contributed by atoms with Crippen molar-refractivity contribution in [2.24, 2.45) is 0 Å². The number of carbonyl (C=O) groups is 1. The van der Waals surface area contributed by atoms with Crippen LogP contribution in [0, 0.1) is 6.92 Å². The number of benzene rings is 1. The summed E-state index contributed by atoms with van der Waals surface area (Å²) < 4.78 is 0. The Labute approximate surface area is 109 Å². The molecular formula is C15H23N2O+. The molecule has 1 aliphatic heterocycles. The summed E-state index contributed by atoms with van der Waals surface area (Å²) in [5.74, 6) is 0.132. The number of para-hydroxylation sites is 1. The number of hydrogen-bond donors (Lipinski definition) is 2. The number of hydrogen-bond acceptors (Lipinski definition) is 1. The van der Waals surface area contributed by atoms with Crippen LogP contribution in [0.5, 0.6) is 0 Å². The number of quaternary nitrogens is 1. The van der Waals surface area contributed by atoms with E-state index in [1.807, 2.05) is 31.2 Å². The topological polar surface area (TPSA) is 33.5 Å². The van der Waals surface area contributed by atoms with Gasteiger partial charge in [0.15, 0.2) is 6.54 Å². The number of carbonyl (C=O) groups excluding carboxylic acids is 1. The van der Waals surface area contributed by atoms with E-state index >= 15 is 0 Å². The fourth-order valence-electron chi connectivity index (χ4n) is 2.63. The van der Waals surface area contributed by atoms with Crippen LogP contribution >= 0.6 is 0 Å². The zero-order chi connectivity index (χ0) is 13.0. The molecule has 2 atom stereocenters. The highest BCUT2D eigenvalue weighted by atomic mass is 16.2. The molecule has 0 radical (unpaired) electrons. The van der Waals surface area contributed by atoms with Crippen LogP contribution in [0.1, 0.15) is 31.7 Å². The van der Waals surface area contributed by atoms with Crippen molar-refractivity contribution < 1.29 is 9.69 Å². The van der Waals surface area contributed by atoms with Gasteiger partial charge in [0.25, 0.3) is 5.91 Å². The second-order valence-electron chi connectivity index (χ2n) is 5.34. The number of nitrogens with one attached hydrogen (secondary N) is 2. The van der Waals surface area contributed by atoms with Gasteiger partial charge in [-0.15, -0.1) is 0 Å². The van der Waals surface area contributed by atoms with Gasteiger partial charge in [-0.25, -0.2) is 0 Å². The molecule has 1 aromatic rings. The Kier molecular flexibility index (Phi) is 4.37. The van der Waals surface area contributed by atoms with Crippen LogP contribution in [0.4, 0.5) is 5.69 Å². The van der Waals surface area contributed by atoms with E-state index in [0.717, 1.165) is 17.8 Å². The number of anilines is 1. The fraction of sp³-hybridized carbons (Fsp3) is 0.533. The lowest BCUT2D eigenvalue weighted by atomic mass is 10.0. The average Bonchev–Trinajstić information content (AvgIpc) is 2.35. The first-order valence-electron chi connectivity index (χ1n) is 6.87. The fourth-order valence-corrected chi connectivity index (χ4v) is 2.63. The largest absolute Gasteiger partial charge is 0.325 e. The highest BCUT2D eigenvalue weighted by Gasteiger charge is 2.24. The molecule has 1 amide bonds. The van der Waals surface area contributed by atoms with Gasteiger partial charge in [-0.2, -0.15) is 0 Å². The summed E-state index contributed by atoms with van der Waals surface area (Å²) in [5.41, 5.74) is 2.05. The first-order chi connectivity index (χ1) is 8.66. The molecule has 1 unspecified atom stereocenters. The predicted octanol–water partition coefficient (Wildman–Crippen LogP) is 1.39. The Morgan fingerprint density at radius 2 is 2.17 bits per heavy atom. The van der Waals surface area contributed by atoms with Crippen LogP contribution in [-0.2, 0) is 4.79 Å². The van der Waals surface area contributed by atoms with Gasteiger partial charge in [-0.05, 0) is 44.7 Å². The second kappa shape index (κ2) is 6.01. The molecule has 18 heavy (non-hydrogen) atoms. The number of likely N-dealkylation sites (tertiary alicyclic amines) is 1. The lowest BCUT2D eigenvalue weighted by Gasteiger charge is -2.29. The molecule has 0 saturated carbocycles. The molecule has 1 heterocycles. The Morgan fingerprint density at radius 3 is 2.89 bits per heavy atom. The summed E-state index contributed by atoms with van der Waals surface area (Å²) in [7, 11) is 0. The molecular weight excluding hydrogens is 224 g/mol. The maximum atomic E-state index is 12.0. The molecule has 1 fully saturated rings. The van der Waals surface area contributed by atoms with Gasteiger partial charge in [-0.1, -0.05) is 18.2 Å². The minimum absolute atomic E-state index is 0.132. The summed E-state index contributed by atoms with van der Waals surface area (Å²) in [4.78, 5) is 13.5. The summed E-state index contributed by atoms with van der Waals surface area (Å²) in [6.45, 7) is 5.99. The molecule has 1 aromatic carbocycles. The van der Waals surface area contributed by atoms with E-state index < -0.39 is 0 Å². The molecule has 0 bridgehead atoms. The molecule has 0 spiro atoms. The van der Waals surface area contributed by atoms with Gasteiger partial charge in [0.2, 0.25) is 0 Å². The van der Waals surface area contributed by atoms with Crippen LogP contribution in [0.2, 0.25) is 0 Å². The van der Waals surface area contributed by atoms with Crippen molar-refractivity contribution in [1.82, 2.24) is 0 Å². The van der Waals surface area contributed by atoms with E-state index in [1.165, 1.54) is 24.2 Å². The molecule has 98 valence electrons. The molecule has 0 aliphatic carbocycles. The minimum Gasteiger partial charge on any atom is -0.325 e. The average molecular weight is 247 g/mol. The Bertz CT molecular complexity index is 417. The zero-order valence-corrected chi connectivity index (χ0v) is 11.3. The molecule has 1 aliphatic rings. The lowest BCUT2D eigenvalue weighted by Crippen LogP contribution is -3.17. The third-order valence-electron chi connectivity index (χ3n) is 3.89. The smallest absolute Gasteiger partial charge is 0.279 e. The maximum Gasteiger partial charge on any atom is 0.279 e. The first kappa shape index (κ1) is 13.1. The number of piperidine rings is 1. The first-order valence-corrected chi connectivity index (χ1v) is 6.87. The van der Waals surface area contributed by atoms with Gasteiger partial charge in [0.05, 0.1) is 12.6 Å². The maximum absolute atomic E-state index is 12.0. The van der Waals surface area contributed by atoms with Crippen molar-refractivity contribution in [2.75, 3.05) is 18.4 Å². The predicted molar refractivity (Wildman–Crippen MR) is 73.8 cm³/mol. The van der Waals surface area contributed by atoms with E-state index in [2.05, 4.69) is 12.2 Å². The Hall–Kier alpha value is -1.35. The molecule has 1 saturated heterocycles. The molecule has 0 aromatic heterocycles. The van der Waals surface area contributed by atoms with Crippen molar-refractivity contribution in [3.05, 3.63) is 29.8 Å². The van der Waals surface area contributed by atoms with Crippen LogP contribution in [-0.4, -0.2) is 25.0 Å². The highest BCUT2D eigenvalue weighted by molar-refractivity contribution is 5.92. The van der Waals surface area contributed by atoms with E-state index in [1.54, 1.807) is 0 Å². The lowest BCUT2D eigenvalue weighted by molar-refractivity contribution is -0.920. The summed E-state index contributed by atoms with van der Waals surface area (Å²) in [5, 5.41) is 3.02. The number of aryl methyl sites for hydroxylation is 1. The van der Waals surface area contributed by atoms with Gasteiger partial charge < -0.3 is 10.2 Å². The van der Waals surface area contributed by atoms with E-state index in [4.69, 9.17) is 0 Å². The highest BCUT2D eigenvalue weighted by Crippen LogP contribution is 2.12.